The summed E-state index contributed by atoms with van der Waals surface area (Å²) >= 11 is 0. The van der Waals surface area contributed by atoms with Crippen LogP contribution in [0.5, 0.6) is 11.8 Å². The van der Waals surface area contributed by atoms with Gasteiger partial charge in [0.15, 0.2) is 17.3 Å². The monoisotopic (exact) mass is 554 g/mol. The third-order valence-corrected chi connectivity index (χ3v) is 7.38. The molecule has 0 amide bonds. The normalized spacial score (nSPS) is 13.2. The highest BCUT2D eigenvalue weighted by atomic mass is 32.2. The molecule has 0 saturated carbocycles. The Kier molecular flexibility index (Phi) is 8.35. The summed E-state index contributed by atoms with van der Waals surface area (Å²) in [4.78, 5) is 17.0. The van der Waals surface area contributed by atoms with E-state index in [9.17, 15) is 8.42 Å². The van der Waals surface area contributed by atoms with Crippen molar-refractivity contribution >= 4 is 16.0 Å². The number of nitrogens with zero attached hydrogens (tertiary/aromatic N) is 7. The summed E-state index contributed by atoms with van der Waals surface area (Å²) in [5.41, 5.74) is 1.71. The Morgan fingerprint density at radius 1 is 0.897 bits per heavy atom. The molecule has 13 nitrogen and oxygen atoms in total. The number of anilines is 1. The standard InChI is InChI=1S/C25H30N8O5S/c1-15(2)38-20(21-26-12-16(3)13-27-21)17(4)39(34,35)32-25-31-30-22(18-10-8-7-9-11-18)33(25)19-23(36-5)28-14-29-24(19)37-6/h7-15,17,20H,1-6H3,(H,31,32). The molecule has 0 aliphatic heterocycles. The summed E-state index contributed by atoms with van der Waals surface area (Å²) in [7, 11) is -1.30. The fraction of sp³-hybridized carbons (Fsp3) is 0.360. The third-order valence-electron chi connectivity index (χ3n) is 5.68. The minimum Gasteiger partial charge on any atom is -0.479 e. The van der Waals surface area contributed by atoms with E-state index in [1.165, 1.54) is 32.0 Å². The fourth-order valence-corrected chi connectivity index (χ4v) is 4.86. The molecular weight excluding hydrogens is 524 g/mol. The number of ether oxygens (including phenoxy) is 3. The van der Waals surface area contributed by atoms with Crippen molar-refractivity contribution in [2.24, 2.45) is 0 Å². The number of benzene rings is 1. The van der Waals surface area contributed by atoms with Crippen molar-refractivity contribution in [2.45, 2.75) is 45.2 Å². The topological polar surface area (TPSA) is 156 Å². The van der Waals surface area contributed by atoms with E-state index in [1.54, 1.807) is 12.4 Å². The van der Waals surface area contributed by atoms with Crippen LogP contribution in [0, 0.1) is 6.92 Å². The number of sulfonamides is 1. The molecule has 4 aromatic rings. The molecule has 0 fully saturated rings. The van der Waals surface area contributed by atoms with E-state index in [0.29, 0.717) is 11.4 Å². The maximum absolute atomic E-state index is 13.8. The van der Waals surface area contributed by atoms with Crippen LogP contribution in [0.25, 0.3) is 17.1 Å². The lowest BCUT2D eigenvalue weighted by molar-refractivity contribution is 0.00152. The molecule has 14 heteroatoms. The maximum atomic E-state index is 13.8. The van der Waals surface area contributed by atoms with Gasteiger partial charge in [0.05, 0.1) is 20.3 Å². The second kappa shape index (κ2) is 11.7. The highest BCUT2D eigenvalue weighted by molar-refractivity contribution is 7.93. The Morgan fingerprint density at radius 2 is 1.51 bits per heavy atom. The molecule has 1 aromatic carbocycles. The minimum atomic E-state index is -4.16. The van der Waals surface area contributed by atoms with Gasteiger partial charge in [-0.1, -0.05) is 30.3 Å². The van der Waals surface area contributed by atoms with Crippen molar-refractivity contribution in [3.63, 3.8) is 0 Å². The quantitative estimate of drug-likeness (QED) is 0.290. The largest absolute Gasteiger partial charge is 0.479 e. The smallest absolute Gasteiger partial charge is 0.245 e. The van der Waals surface area contributed by atoms with Crippen LogP contribution in [0.1, 0.15) is 38.3 Å². The molecule has 0 aliphatic rings. The first-order valence-corrected chi connectivity index (χ1v) is 13.6. The van der Waals surface area contributed by atoms with E-state index in [2.05, 4.69) is 34.9 Å². The molecule has 0 saturated heterocycles. The molecule has 2 atom stereocenters. The van der Waals surface area contributed by atoms with Crippen LogP contribution in [-0.2, 0) is 14.8 Å². The minimum absolute atomic E-state index is 0.125. The zero-order chi connectivity index (χ0) is 28.2. The molecule has 0 radical (unpaired) electrons. The van der Waals surface area contributed by atoms with Gasteiger partial charge in [-0.3, -0.25) is 9.29 Å². The highest BCUT2D eigenvalue weighted by Crippen LogP contribution is 2.35. The first-order chi connectivity index (χ1) is 18.7. The van der Waals surface area contributed by atoms with Crippen LogP contribution < -0.4 is 14.2 Å². The zero-order valence-corrected chi connectivity index (χ0v) is 23.2. The number of nitrogens with one attached hydrogen (secondary N) is 1. The molecule has 39 heavy (non-hydrogen) atoms. The first-order valence-electron chi connectivity index (χ1n) is 12.1. The second-order valence-corrected chi connectivity index (χ2v) is 10.9. The van der Waals surface area contributed by atoms with E-state index < -0.39 is 21.4 Å². The number of aryl methyl sites for hydroxylation is 1. The Morgan fingerprint density at radius 3 is 2.08 bits per heavy atom. The third kappa shape index (κ3) is 5.96. The van der Waals surface area contributed by atoms with Gasteiger partial charge in [0, 0.05) is 18.0 Å². The molecule has 0 aliphatic carbocycles. The number of methoxy groups -OCH3 is 2. The summed E-state index contributed by atoms with van der Waals surface area (Å²) in [5.74, 6) is 0.686. The van der Waals surface area contributed by atoms with E-state index in [4.69, 9.17) is 14.2 Å². The summed E-state index contributed by atoms with van der Waals surface area (Å²) in [6, 6.07) is 9.12. The summed E-state index contributed by atoms with van der Waals surface area (Å²) in [5, 5.41) is 7.34. The van der Waals surface area contributed by atoms with Crippen molar-refractivity contribution in [3.05, 3.63) is 60.4 Å². The Balaban J connectivity index is 1.83. The van der Waals surface area contributed by atoms with E-state index in [1.807, 2.05) is 51.1 Å². The second-order valence-electron chi connectivity index (χ2n) is 8.87. The molecule has 206 valence electrons. The molecule has 3 heterocycles. The van der Waals surface area contributed by atoms with Crippen LogP contribution in [0.4, 0.5) is 5.95 Å². The van der Waals surface area contributed by atoms with Crippen LogP contribution in [0.2, 0.25) is 0 Å². The predicted octanol–water partition coefficient (Wildman–Crippen LogP) is 3.14. The van der Waals surface area contributed by atoms with E-state index >= 15 is 0 Å². The maximum Gasteiger partial charge on any atom is 0.245 e. The van der Waals surface area contributed by atoms with Gasteiger partial charge in [0.2, 0.25) is 27.7 Å². The van der Waals surface area contributed by atoms with Crippen LogP contribution in [0.3, 0.4) is 0 Å². The van der Waals surface area contributed by atoms with Gasteiger partial charge in [0.1, 0.15) is 17.7 Å². The Hall–Kier alpha value is -4.17. The summed E-state index contributed by atoms with van der Waals surface area (Å²) in [6.07, 6.45) is 3.25. The van der Waals surface area contributed by atoms with Gasteiger partial charge in [-0.2, -0.15) is 9.97 Å². The molecule has 3 aromatic heterocycles. The van der Waals surface area contributed by atoms with Gasteiger partial charge in [-0.25, -0.2) is 18.4 Å². The van der Waals surface area contributed by atoms with E-state index in [-0.39, 0.29) is 35.3 Å². The van der Waals surface area contributed by atoms with Gasteiger partial charge in [0.25, 0.3) is 0 Å². The molecule has 0 spiro atoms. The van der Waals surface area contributed by atoms with Crippen LogP contribution in [0.15, 0.2) is 49.1 Å². The zero-order valence-electron chi connectivity index (χ0n) is 22.4. The van der Waals surface area contributed by atoms with Gasteiger partial charge >= 0.3 is 0 Å². The van der Waals surface area contributed by atoms with Crippen molar-refractivity contribution in [1.82, 2.24) is 34.7 Å². The molecule has 2 unspecified atom stereocenters. The predicted molar refractivity (Wildman–Crippen MR) is 143 cm³/mol. The van der Waals surface area contributed by atoms with Crippen molar-refractivity contribution in [1.29, 1.82) is 0 Å². The number of hydrogen-bond acceptors (Lipinski definition) is 11. The van der Waals surface area contributed by atoms with Crippen molar-refractivity contribution in [3.8, 4) is 28.8 Å². The lowest BCUT2D eigenvalue weighted by atomic mass is 10.2. The molecule has 0 bridgehead atoms. The van der Waals surface area contributed by atoms with Crippen molar-refractivity contribution < 1.29 is 22.6 Å². The average Bonchev–Trinajstić information content (AvgIpc) is 3.33. The molecular formula is C25H30N8O5S. The highest BCUT2D eigenvalue weighted by Gasteiger charge is 2.36. The van der Waals surface area contributed by atoms with Gasteiger partial charge in [-0.05, 0) is 33.3 Å². The van der Waals surface area contributed by atoms with Crippen LogP contribution in [-0.4, -0.2) is 68.7 Å². The summed E-state index contributed by atoms with van der Waals surface area (Å²) in [6.45, 7) is 6.98. The Bertz CT molecular complexity index is 1490. The molecule has 4 rings (SSSR count). The lowest BCUT2D eigenvalue weighted by Gasteiger charge is -2.25. The lowest BCUT2D eigenvalue weighted by Crippen LogP contribution is -2.35. The molecule has 1 N–H and O–H groups in total. The number of aromatic nitrogens is 7. The average molecular weight is 555 g/mol. The Labute approximate surface area is 226 Å². The number of rotatable bonds is 11. The van der Waals surface area contributed by atoms with Crippen LogP contribution >= 0.6 is 0 Å². The SMILES string of the molecule is COc1ncnc(OC)c1-n1c(NS(=O)(=O)C(C)C(OC(C)C)c2ncc(C)cn2)nnc1-c1ccccc1. The van der Waals surface area contributed by atoms with Gasteiger partial charge in [-0.15, -0.1) is 10.2 Å². The van der Waals surface area contributed by atoms with Crippen molar-refractivity contribution in [2.75, 3.05) is 18.9 Å². The number of hydrogen-bond donors (Lipinski definition) is 1. The first kappa shape index (κ1) is 27.9. The van der Waals surface area contributed by atoms with Gasteiger partial charge < -0.3 is 14.2 Å². The van der Waals surface area contributed by atoms with E-state index in [0.717, 1.165) is 5.56 Å². The summed E-state index contributed by atoms with van der Waals surface area (Å²) < 4.78 is 48.5. The fourth-order valence-electron chi connectivity index (χ4n) is 3.78.